The third kappa shape index (κ3) is 4.06. The van der Waals surface area contributed by atoms with E-state index < -0.39 is 17.6 Å². The monoisotopic (exact) mass is 382 g/mol. The van der Waals surface area contributed by atoms with Gasteiger partial charge in [0.1, 0.15) is 6.04 Å². The summed E-state index contributed by atoms with van der Waals surface area (Å²) in [5, 5.41) is 7.32. The Morgan fingerprint density at radius 2 is 1.85 bits per heavy atom. The summed E-state index contributed by atoms with van der Waals surface area (Å²) in [5.41, 5.74) is 3.13. The molecule has 0 fully saturated rings. The van der Waals surface area contributed by atoms with Crippen molar-refractivity contribution in [3.8, 4) is 11.3 Å². The molecule has 27 heavy (non-hydrogen) atoms. The third-order valence-corrected chi connectivity index (χ3v) is 4.60. The summed E-state index contributed by atoms with van der Waals surface area (Å²) >= 11 is 6.14. The van der Waals surface area contributed by atoms with Crippen molar-refractivity contribution in [1.82, 2.24) is 14.8 Å². The van der Waals surface area contributed by atoms with Gasteiger partial charge in [-0.15, -0.1) is 0 Å². The van der Waals surface area contributed by atoms with Crippen LogP contribution in [0.4, 0.5) is 5.69 Å². The first kappa shape index (κ1) is 18.8. The number of anilines is 1. The van der Waals surface area contributed by atoms with Crippen molar-refractivity contribution in [2.45, 2.75) is 26.8 Å². The van der Waals surface area contributed by atoms with E-state index in [1.807, 2.05) is 44.2 Å². The smallest absolute Gasteiger partial charge is 0.323 e. The number of aryl methyl sites for hydroxylation is 2. The lowest BCUT2D eigenvalue weighted by Gasteiger charge is -2.15. The van der Waals surface area contributed by atoms with Crippen molar-refractivity contribution in [3.63, 3.8) is 0 Å². The van der Waals surface area contributed by atoms with Crippen LogP contribution in [0.3, 0.4) is 0 Å². The zero-order valence-corrected chi connectivity index (χ0v) is 16.0. The van der Waals surface area contributed by atoms with Gasteiger partial charge in [0.15, 0.2) is 0 Å². The van der Waals surface area contributed by atoms with Crippen molar-refractivity contribution in [2.24, 2.45) is 0 Å². The zero-order chi connectivity index (χ0) is 19.6. The molecule has 1 atom stereocenters. The second kappa shape index (κ2) is 7.72. The van der Waals surface area contributed by atoms with Gasteiger partial charge in [-0.3, -0.25) is 4.79 Å². The topological polar surface area (TPSA) is 76.9 Å². The summed E-state index contributed by atoms with van der Waals surface area (Å²) in [6, 6.07) is 12.1. The summed E-state index contributed by atoms with van der Waals surface area (Å²) in [7, 11) is 0. The van der Waals surface area contributed by atoms with Gasteiger partial charge in [0.25, 0.3) is 0 Å². The lowest BCUT2D eigenvalue weighted by molar-refractivity contribution is -0.119. The van der Waals surface area contributed by atoms with E-state index in [0.717, 1.165) is 21.4 Å². The SMILES string of the molecule is Cc1ccc(-c2cnn([C@H](C)C(=O)Nc3c(C)cccc3Cl)c(=O)n2)cc1. The fourth-order valence-electron chi connectivity index (χ4n) is 2.61. The number of carbonyl (C=O) groups excluding carboxylic acids is 1. The highest BCUT2D eigenvalue weighted by Gasteiger charge is 2.20. The maximum Gasteiger partial charge on any atom is 0.365 e. The molecule has 0 bridgehead atoms. The van der Waals surface area contributed by atoms with E-state index in [9.17, 15) is 9.59 Å². The van der Waals surface area contributed by atoms with Crippen LogP contribution in [0.25, 0.3) is 11.3 Å². The van der Waals surface area contributed by atoms with Crippen LogP contribution in [0.2, 0.25) is 5.02 Å². The van der Waals surface area contributed by atoms with E-state index in [0.29, 0.717) is 16.4 Å². The van der Waals surface area contributed by atoms with Crippen LogP contribution in [0.5, 0.6) is 0 Å². The Labute approximate surface area is 161 Å². The highest BCUT2D eigenvalue weighted by Crippen LogP contribution is 2.26. The van der Waals surface area contributed by atoms with Gasteiger partial charge in [-0.25, -0.2) is 9.48 Å². The fraction of sp³-hybridized carbons (Fsp3) is 0.200. The number of amides is 1. The Morgan fingerprint density at radius 1 is 1.15 bits per heavy atom. The van der Waals surface area contributed by atoms with E-state index in [4.69, 9.17) is 11.6 Å². The van der Waals surface area contributed by atoms with Gasteiger partial charge in [-0.2, -0.15) is 10.1 Å². The number of rotatable bonds is 4. The first-order valence-corrected chi connectivity index (χ1v) is 8.83. The highest BCUT2D eigenvalue weighted by atomic mass is 35.5. The molecule has 1 amide bonds. The molecular weight excluding hydrogens is 364 g/mol. The van der Waals surface area contributed by atoms with E-state index >= 15 is 0 Å². The van der Waals surface area contributed by atoms with E-state index in [1.165, 1.54) is 6.20 Å². The molecule has 7 heteroatoms. The molecule has 0 aliphatic carbocycles. The molecule has 0 radical (unpaired) electrons. The molecule has 1 aromatic heterocycles. The molecule has 0 aliphatic rings. The first-order chi connectivity index (χ1) is 12.9. The Hall–Kier alpha value is -2.99. The van der Waals surface area contributed by atoms with Crippen molar-refractivity contribution in [3.05, 3.63) is 75.3 Å². The lowest BCUT2D eigenvalue weighted by Crippen LogP contribution is -2.35. The van der Waals surface area contributed by atoms with Crippen LogP contribution in [0.15, 0.2) is 53.5 Å². The van der Waals surface area contributed by atoms with Crippen LogP contribution >= 0.6 is 11.6 Å². The molecule has 0 aliphatic heterocycles. The number of nitrogens with zero attached hydrogens (tertiary/aromatic N) is 3. The van der Waals surface area contributed by atoms with Crippen LogP contribution in [0.1, 0.15) is 24.1 Å². The summed E-state index contributed by atoms with van der Waals surface area (Å²) in [6.45, 7) is 5.41. The number of halogens is 1. The molecule has 0 unspecified atom stereocenters. The minimum absolute atomic E-state index is 0.398. The molecular formula is C20H19ClN4O2. The second-order valence-electron chi connectivity index (χ2n) is 6.33. The van der Waals surface area contributed by atoms with Crippen molar-refractivity contribution in [2.75, 3.05) is 5.32 Å². The maximum absolute atomic E-state index is 12.6. The molecule has 138 valence electrons. The molecule has 1 N–H and O–H groups in total. The number of carbonyl (C=O) groups is 1. The molecule has 3 aromatic rings. The highest BCUT2D eigenvalue weighted by molar-refractivity contribution is 6.34. The van der Waals surface area contributed by atoms with Gasteiger partial charge in [0.05, 0.1) is 22.6 Å². The largest absolute Gasteiger partial charge is 0.365 e. The van der Waals surface area contributed by atoms with Gasteiger partial charge in [-0.1, -0.05) is 53.6 Å². The normalized spacial score (nSPS) is 11.9. The van der Waals surface area contributed by atoms with Crippen LogP contribution in [0, 0.1) is 13.8 Å². The van der Waals surface area contributed by atoms with E-state index in [2.05, 4.69) is 15.4 Å². The van der Waals surface area contributed by atoms with E-state index in [1.54, 1.807) is 19.1 Å². The average molecular weight is 383 g/mol. The van der Waals surface area contributed by atoms with Gasteiger partial charge in [0, 0.05) is 5.56 Å². The van der Waals surface area contributed by atoms with Crippen molar-refractivity contribution < 1.29 is 4.79 Å². The molecule has 0 saturated carbocycles. The van der Waals surface area contributed by atoms with E-state index in [-0.39, 0.29) is 0 Å². The van der Waals surface area contributed by atoms with Gasteiger partial charge in [0.2, 0.25) is 5.91 Å². The number of para-hydroxylation sites is 1. The summed E-state index contributed by atoms with van der Waals surface area (Å²) in [4.78, 5) is 29.0. The fourth-order valence-corrected chi connectivity index (χ4v) is 2.88. The molecule has 2 aromatic carbocycles. The summed E-state index contributed by atoms with van der Waals surface area (Å²) in [6.07, 6.45) is 1.48. The lowest BCUT2D eigenvalue weighted by atomic mass is 10.1. The standard InChI is InChI=1S/C20H19ClN4O2/c1-12-7-9-15(10-8-12)17-11-22-25(20(27)23-17)14(3)19(26)24-18-13(2)5-4-6-16(18)21/h4-11,14H,1-3H3,(H,24,26)/t14-/m1/s1. The first-order valence-electron chi connectivity index (χ1n) is 8.45. The van der Waals surface area contributed by atoms with Crippen LogP contribution in [-0.2, 0) is 4.79 Å². The quantitative estimate of drug-likeness (QED) is 0.745. The maximum atomic E-state index is 12.6. The average Bonchev–Trinajstić information content (AvgIpc) is 2.64. The summed E-state index contributed by atoms with van der Waals surface area (Å²) < 4.78 is 1.05. The number of hydrogen-bond acceptors (Lipinski definition) is 4. The Morgan fingerprint density at radius 3 is 2.48 bits per heavy atom. The van der Waals surface area contributed by atoms with Crippen LogP contribution < -0.4 is 11.0 Å². The Balaban J connectivity index is 1.84. The van der Waals surface area contributed by atoms with Gasteiger partial charge >= 0.3 is 5.69 Å². The molecule has 1 heterocycles. The van der Waals surface area contributed by atoms with Crippen LogP contribution in [-0.4, -0.2) is 20.7 Å². The van der Waals surface area contributed by atoms with Crippen molar-refractivity contribution in [1.29, 1.82) is 0 Å². The van der Waals surface area contributed by atoms with Gasteiger partial charge < -0.3 is 5.32 Å². The second-order valence-corrected chi connectivity index (χ2v) is 6.74. The third-order valence-electron chi connectivity index (χ3n) is 4.28. The minimum Gasteiger partial charge on any atom is -0.323 e. The summed E-state index contributed by atoms with van der Waals surface area (Å²) in [5.74, 6) is -0.398. The molecule has 0 saturated heterocycles. The number of benzene rings is 2. The number of aromatic nitrogens is 3. The molecule has 6 nitrogen and oxygen atoms in total. The number of nitrogens with one attached hydrogen (secondary N) is 1. The Kier molecular flexibility index (Phi) is 5.37. The zero-order valence-electron chi connectivity index (χ0n) is 15.2. The predicted octanol–water partition coefficient (Wildman–Crippen LogP) is 3.78. The molecule has 0 spiro atoms. The molecule has 3 rings (SSSR count). The minimum atomic E-state index is -0.840. The predicted molar refractivity (Wildman–Crippen MR) is 106 cm³/mol. The van der Waals surface area contributed by atoms with Gasteiger partial charge in [-0.05, 0) is 32.4 Å². The number of hydrogen-bond donors (Lipinski definition) is 1. The van der Waals surface area contributed by atoms with Crippen molar-refractivity contribution >= 4 is 23.2 Å². The Bertz CT molecular complexity index is 1020.